The number of phenolic OH excluding ortho intramolecular Hbond substituents is 1. The number of nitrogens with one attached hydrogen (secondary N) is 1. The molecular formula is C18H19NO5. The highest BCUT2D eigenvalue weighted by atomic mass is 16.5. The van der Waals surface area contributed by atoms with Crippen molar-refractivity contribution in [3.63, 3.8) is 0 Å². The third kappa shape index (κ3) is 2.71. The Labute approximate surface area is 140 Å². The van der Waals surface area contributed by atoms with Gasteiger partial charge in [0.25, 0.3) is 0 Å². The van der Waals surface area contributed by atoms with Gasteiger partial charge >= 0.3 is 0 Å². The van der Waals surface area contributed by atoms with Crippen molar-refractivity contribution in [3.8, 4) is 23.0 Å². The highest BCUT2D eigenvalue weighted by molar-refractivity contribution is 5.96. The molecule has 0 saturated carbocycles. The van der Waals surface area contributed by atoms with Gasteiger partial charge in [0, 0.05) is 24.1 Å². The minimum Gasteiger partial charge on any atom is -0.504 e. The van der Waals surface area contributed by atoms with Crippen LogP contribution in [0.2, 0.25) is 0 Å². The van der Waals surface area contributed by atoms with E-state index in [1.54, 1.807) is 38.5 Å². The molecule has 3 rings (SSSR count). The summed E-state index contributed by atoms with van der Waals surface area (Å²) in [5.41, 5.74) is 2.51. The molecule has 0 radical (unpaired) electrons. The van der Waals surface area contributed by atoms with E-state index in [-0.39, 0.29) is 17.6 Å². The Bertz CT molecular complexity index is 787. The van der Waals surface area contributed by atoms with Gasteiger partial charge in [-0.1, -0.05) is 6.07 Å². The number of methoxy groups -OCH3 is 3. The van der Waals surface area contributed by atoms with Gasteiger partial charge in [-0.3, -0.25) is 4.79 Å². The van der Waals surface area contributed by atoms with Crippen LogP contribution in [0, 0.1) is 0 Å². The number of hydrogen-bond acceptors (Lipinski definition) is 5. The van der Waals surface area contributed by atoms with E-state index >= 15 is 0 Å². The number of anilines is 1. The van der Waals surface area contributed by atoms with Gasteiger partial charge in [-0.2, -0.15) is 0 Å². The van der Waals surface area contributed by atoms with Crippen LogP contribution in [0.1, 0.15) is 23.5 Å². The lowest BCUT2D eigenvalue weighted by atomic mass is 9.84. The molecule has 0 unspecified atom stereocenters. The summed E-state index contributed by atoms with van der Waals surface area (Å²) < 4.78 is 15.9. The van der Waals surface area contributed by atoms with Crippen LogP contribution in [0.25, 0.3) is 0 Å². The van der Waals surface area contributed by atoms with Crippen molar-refractivity contribution in [2.75, 3.05) is 26.6 Å². The summed E-state index contributed by atoms with van der Waals surface area (Å²) in [6.07, 6.45) is 0.302. The van der Waals surface area contributed by atoms with Crippen molar-refractivity contribution in [1.82, 2.24) is 0 Å². The molecule has 0 bridgehead atoms. The van der Waals surface area contributed by atoms with Crippen LogP contribution in [0.15, 0.2) is 30.3 Å². The third-order valence-corrected chi connectivity index (χ3v) is 4.20. The molecule has 1 aliphatic heterocycles. The Morgan fingerprint density at radius 3 is 2.33 bits per heavy atom. The minimum atomic E-state index is -0.164. The lowest BCUT2D eigenvalue weighted by Gasteiger charge is -2.27. The average molecular weight is 329 g/mol. The van der Waals surface area contributed by atoms with E-state index in [9.17, 15) is 9.90 Å². The van der Waals surface area contributed by atoms with Gasteiger partial charge in [0.15, 0.2) is 23.0 Å². The molecule has 2 N–H and O–H groups in total. The predicted octanol–water partition coefficient (Wildman–Crippen LogP) is 2.89. The van der Waals surface area contributed by atoms with Crippen LogP contribution in [-0.2, 0) is 4.79 Å². The molecular weight excluding hydrogens is 310 g/mol. The van der Waals surface area contributed by atoms with Gasteiger partial charge in [-0.15, -0.1) is 0 Å². The number of ether oxygens (including phenoxy) is 3. The summed E-state index contributed by atoms with van der Waals surface area (Å²) in [5.74, 6) is 1.35. The number of hydrogen-bond donors (Lipinski definition) is 2. The first-order valence-electron chi connectivity index (χ1n) is 7.50. The zero-order valence-corrected chi connectivity index (χ0v) is 13.8. The molecule has 2 aromatic rings. The van der Waals surface area contributed by atoms with Crippen LogP contribution in [0.4, 0.5) is 5.69 Å². The molecule has 1 heterocycles. The number of rotatable bonds is 4. The first-order valence-corrected chi connectivity index (χ1v) is 7.50. The molecule has 2 aromatic carbocycles. The third-order valence-electron chi connectivity index (χ3n) is 4.20. The molecule has 0 saturated heterocycles. The fourth-order valence-electron chi connectivity index (χ4n) is 3.00. The molecule has 24 heavy (non-hydrogen) atoms. The van der Waals surface area contributed by atoms with Crippen molar-refractivity contribution in [2.24, 2.45) is 0 Å². The average Bonchev–Trinajstić information content (AvgIpc) is 2.60. The lowest BCUT2D eigenvalue weighted by Crippen LogP contribution is -2.23. The molecule has 0 spiro atoms. The Kier molecular flexibility index (Phi) is 4.20. The van der Waals surface area contributed by atoms with Crippen molar-refractivity contribution in [2.45, 2.75) is 12.3 Å². The number of phenols is 1. The van der Waals surface area contributed by atoms with Crippen LogP contribution in [-0.4, -0.2) is 32.3 Å². The van der Waals surface area contributed by atoms with Gasteiger partial charge < -0.3 is 24.6 Å². The minimum absolute atomic E-state index is 0.0639. The molecule has 0 aliphatic carbocycles. The number of carbonyl (C=O) groups excluding carboxylic acids is 1. The summed E-state index contributed by atoms with van der Waals surface area (Å²) in [5, 5.41) is 12.7. The molecule has 1 amide bonds. The second kappa shape index (κ2) is 6.31. The number of fused-ring (bicyclic) bond motifs is 1. The van der Waals surface area contributed by atoms with Crippen LogP contribution in [0.5, 0.6) is 23.0 Å². The largest absolute Gasteiger partial charge is 0.504 e. The van der Waals surface area contributed by atoms with Crippen molar-refractivity contribution >= 4 is 11.6 Å². The van der Waals surface area contributed by atoms with Crippen molar-refractivity contribution in [3.05, 3.63) is 41.5 Å². The van der Waals surface area contributed by atoms with Crippen molar-refractivity contribution in [1.29, 1.82) is 0 Å². The number of aromatic hydroxyl groups is 1. The normalized spacial score (nSPS) is 16.1. The van der Waals surface area contributed by atoms with E-state index in [1.165, 1.54) is 7.11 Å². The fourth-order valence-corrected chi connectivity index (χ4v) is 3.00. The quantitative estimate of drug-likeness (QED) is 0.902. The van der Waals surface area contributed by atoms with Gasteiger partial charge in [-0.05, 0) is 29.3 Å². The Morgan fingerprint density at radius 1 is 1.00 bits per heavy atom. The van der Waals surface area contributed by atoms with Crippen LogP contribution in [0.3, 0.4) is 0 Å². The monoisotopic (exact) mass is 329 g/mol. The summed E-state index contributed by atoms with van der Waals surface area (Å²) in [6.45, 7) is 0. The van der Waals surface area contributed by atoms with Gasteiger partial charge in [0.2, 0.25) is 5.91 Å². The maximum absolute atomic E-state index is 12.1. The number of carbonyl (C=O) groups is 1. The maximum Gasteiger partial charge on any atom is 0.225 e. The number of benzene rings is 2. The van der Waals surface area contributed by atoms with E-state index < -0.39 is 0 Å². The summed E-state index contributed by atoms with van der Waals surface area (Å²) >= 11 is 0. The zero-order chi connectivity index (χ0) is 17.3. The van der Waals surface area contributed by atoms with Crippen LogP contribution >= 0.6 is 0 Å². The lowest BCUT2D eigenvalue weighted by molar-refractivity contribution is -0.116. The highest BCUT2D eigenvalue weighted by Crippen LogP contribution is 2.44. The van der Waals surface area contributed by atoms with E-state index in [0.29, 0.717) is 29.4 Å². The highest BCUT2D eigenvalue weighted by Gasteiger charge is 2.29. The number of amides is 1. The predicted molar refractivity (Wildman–Crippen MR) is 89.3 cm³/mol. The molecule has 1 aliphatic rings. The Hall–Kier alpha value is -2.89. The second-order valence-electron chi connectivity index (χ2n) is 5.53. The maximum atomic E-state index is 12.1. The van der Waals surface area contributed by atoms with Crippen LogP contribution < -0.4 is 19.5 Å². The molecule has 0 aromatic heterocycles. The fraction of sp³-hybridized carbons (Fsp3) is 0.278. The van der Waals surface area contributed by atoms with Crippen molar-refractivity contribution < 1.29 is 24.1 Å². The Morgan fingerprint density at radius 2 is 1.67 bits per heavy atom. The summed E-state index contributed by atoms with van der Waals surface area (Å²) in [6, 6.07) is 8.75. The van der Waals surface area contributed by atoms with E-state index in [0.717, 1.165) is 11.1 Å². The van der Waals surface area contributed by atoms with Gasteiger partial charge in [0.1, 0.15) is 0 Å². The van der Waals surface area contributed by atoms with E-state index in [1.807, 2.05) is 6.07 Å². The molecule has 6 nitrogen and oxygen atoms in total. The topological polar surface area (TPSA) is 77.0 Å². The van der Waals surface area contributed by atoms with Gasteiger partial charge in [-0.25, -0.2) is 0 Å². The smallest absolute Gasteiger partial charge is 0.225 e. The summed E-state index contributed by atoms with van der Waals surface area (Å²) in [7, 11) is 4.62. The first-order chi connectivity index (χ1) is 11.6. The molecule has 0 fully saturated rings. The standard InChI is InChI=1S/C18H19NO5/c1-22-15-6-10(4-5-14(15)20)11-8-18(21)19-13-9-17(24-3)16(23-2)7-12(11)13/h4-7,9,11,20H,8H2,1-3H3,(H,19,21)/t11-/m0/s1. The molecule has 126 valence electrons. The second-order valence-corrected chi connectivity index (χ2v) is 5.53. The Balaban J connectivity index is 2.13. The molecule has 6 heteroatoms. The molecule has 1 atom stereocenters. The van der Waals surface area contributed by atoms with Gasteiger partial charge in [0.05, 0.1) is 21.3 Å². The van der Waals surface area contributed by atoms with E-state index in [2.05, 4.69) is 5.32 Å². The summed E-state index contributed by atoms with van der Waals surface area (Å²) in [4.78, 5) is 12.1. The first kappa shape index (κ1) is 16.0. The van der Waals surface area contributed by atoms with E-state index in [4.69, 9.17) is 14.2 Å². The SMILES string of the molecule is COc1cc([C@@H]2CC(=O)Nc3cc(OC)c(OC)cc32)ccc1O. The zero-order valence-electron chi connectivity index (χ0n) is 13.8.